The van der Waals surface area contributed by atoms with Crippen molar-refractivity contribution in [2.45, 2.75) is 19.4 Å². The lowest BCUT2D eigenvalue weighted by Crippen LogP contribution is -2.48. The normalized spacial score (nSPS) is 16.4. The molecule has 0 aliphatic carbocycles. The van der Waals surface area contributed by atoms with Crippen LogP contribution in [0.1, 0.15) is 18.4 Å². The van der Waals surface area contributed by atoms with Crippen LogP contribution in [-0.2, 0) is 11.3 Å². The van der Waals surface area contributed by atoms with Gasteiger partial charge in [-0.1, -0.05) is 23.7 Å². The number of amides is 1. The Hall–Kier alpha value is -1.10. The molecule has 1 saturated heterocycles. The minimum Gasteiger partial charge on any atom is -0.340 e. The Morgan fingerprint density at radius 3 is 2.65 bits per heavy atom. The zero-order valence-electron chi connectivity index (χ0n) is 11.7. The summed E-state index contributed by atoms with van der Waals surface area (Å²) in [6.45, 7) is 4.93. The first kappa shape index (κ1) is 15.3. The molecule has 2 rings (SSSR count). The van der Waals surface area contributed by atoms with Gasteiger partial charge < -0.3 is 10.6 Å². The smallest absolute Gasteiger partial charge is 0.222 e. The summed E-state index contributed by atoms with van der Waals surface area (Å²) in [5.74, 6) is 0.234. The highest BCUT2D eigenvalue weighted by Crippen LogP contribution is 2.14. The van der Waals surface area contributed by atoms with Crippen LogP contribution in [0.4, 0.5) is 0 Å². The van der Waals surface area contributed by atoms with E-state index < -0.39 is 0 Å². The average molecular weight is 296 g/mol. The van der Waals surface area contributed by atoms with Gasteiger partial charge in [0.1, 0.15) is 0 Å². The van der Waals surface area contributed by atoms with Gasteiger partial charge in [-0.05, 0) is 30.7 Å². The zero-order valence-corrected chi connectivity index (χ0v) is 12.5. The predicted molar refractivity (Wildman–Crippen MR) is 81.6 cm³/mol. The molecule has 1 aliphatic rings. The van der Waals surface area contributed by atoms with Crippen LogP contribution in [0.3, 0.4) is 0 Å². The molecule has 1 fully saturated rings. The summed E-state index contributed by atoms with van der Waals surface area (Å²) in [5, 5.41) is 0.776. The highest BCUT2D eigenvalue weighted by atomic mass is 35.5. The predicted octanol–water partition coefficient (Wildman–Crippen LogP) is 1.72. The van der Waals surface area contributed by atoms with E-state index in [4.69, 9.17) is 17.3 Å². The molecule has 1 amide bonds. The van der Waals surface area contributed by atoms with Crippen LogP contribution in [-0.4, -0.2) is 48.4 Å². The van der Waals surface area contributed by atoms with Crippen LogP contribution < -0.4 is 5.73 Å². The van der Waals surface area contributed by atoms with Gasteiger partial charge in [-0.25, -0.2) is 0 Å². The average Bonchev–Trinajstić information content (AvgIpc) is 2.45. The second-order valence-corrected chi connectivity index (χ2v) is 5.62. The molecule has 20 heavy (non-hydrogen) atoms. The molecular weight excluding hydrogens is 274 g/mol. The summed E-state index contributed by atoms with van der Waals surface area (Å²) in [7, 11) is 0. The van der Waals surface area contributed by atoms with E-state index in [1.54, 1.807) is 0 Å². The van der Waals surface area contributed by atoms with Crippen LogP contribution in [0, 0.1) is 0 Å². The molecule has 1 aliphatic heterocycles. The summed E-state index contributed by atoms with van der Waals surface area (Å²) < 4.78 is 0. The number of nitrogens with zero attached hydrogens (tertiary/aromatic N) is 2. The lowest BCUT2D eigenvalue weighted by Gasteiger charge is -2.34. The number of piperazine rings is 1. The monoisotopic (exact) mass is 295 g/mol. The van der Waals surface area contributed by atoms with Gasteiger partial charge in [-0.3, -0.25) is 9.69 Å². The Bertz CT molecular complexity index is 444. The maximum absolute atomic E-state index is 11.9. The van der Waals surface area contributed by atoms with Crippen molar-refractivity contribution in [3.63, 3.8) is 0 Å². The Balaban J connectivity index is 1.78. The van der Waals surface area contributed by atoms with Gasteiger partial charge in [0.25, 0.3) is 0 Å². The summed E-state index contributed by atoms with van der Waals surface area (Å²) in [4.78, 5) is 16.2. The van der Waals surface area contributed by atoms with Crippen LogP contribution in [0.2, 0.25) is 5.02 Å². The fourth-order valence-electron chi connectivity index (χ4n) is 2.46. The number of rotatable bonds is 5. The van der Waals surface area contributed by atoms with Gasteiger partial charge in [-0.2, -0.15) is 0 Å². The number of benzene rings is 1. The third-order valence-electron chi connectivity index (χ3n) is 3.61. The van der Waals surface area contributed by atoms with Crippen molar-refractivity contribution in [3.8, 4) is 0 Å². The molecule has 5 heteroatoms. The molecule has 0 atom stereocenters. The Kier molecular flexibility index (Phi) is 5.83. The summed E-state index contributed by atoms with van der Waals surface area (Å²) >= 11 is 5.99. The third kappa shape index (κ3) is 4.47. The molecule has 1 aromatic carbocycles. The SMILES string of the molecule is NCCCC(=O)N1CCN(Cc2cccc(Cl)c2)CC1. The van der Waals surface area contributed by atoms with E-state index in [1.807, 2.05) is 23.1 Å². The molecule has 1 aromatic rings. The molecule has 110 valence electrons. The topological polar surface area (TPSA) is 49.6 Å². The first-order chi connectivity index (χ1) is 9.69. The van der Waals surface area contributed by atoms with Crippen molar-refractivity contribution in [2.75, 3.05) is 32.7 Å². The lowest BCUT2D eigenvalue weighted by atomic mass is 10.2. The number of halogens is 1. The van der Waals surface area contributed by atoms with Crippen molar-refractivity contribution >= 4 is 17.5 Å². The third-order valence-corrected chi connectivity index (χ3v) is 3.85. The van der Waals surface area contributed by atoms with Gasteiger partial charge in [0, 0.05) is 44.2 Å². The molecule has 0 spiro atoms. The van der Waals surface area contributed by atoms with Crippen molar-refractivity contribution < 1.29 is 4.79 Å². The van der Waals surface area contributed by atoms with Gasteiger partial charge in [0.05, 0.1) is 0 Å². The Morgan fingerprint density at radius 2 is 2.00 bits per heavy atom. The van der Waals surface area contributed by atoms with E-state index in [0.717, 1.165) is 44.2 Å². The van der Waals surface area contributed by atoms with Crippen molar-refractivity contribution in [3.05, 3.63) is 34.9 Å². The van der Waals surface area contributed by atoms with Crippen LogP contribution in [0.15, 0.2) is 24.3 Å². The van der Waals surface area contributed by atoms with E-state index >= 15 is 0 Å². The van der Waals surface area contributed by atoms with E-state index in [9.17, 15) is 4.79 Å². The quantitative estimate of drug-likeness (QED) is 0.900. The van der Waals surface area contributed by atoms with Crippen molar-refractivity contribution in [1.29, 1.82) is 0 Å². The summed E-state index contributed by atoms with van der Waals surface area (Å²) in [6.07, 6.45) is 1.35. The number of carbonyl (C=O) groups excluding carboxylic acids is 1. The molecule has 0 aromatic heterocycles. The molecule has 2 N–H and O–H groups in total. The lowest BCUT2D eigenvalue weighted by molar-refractivity contribution is -0.133. The van der Waals surface area contributed by atoms with Gasteiger partial charge >= 0.3 is 0 Å². The van der Waals surface area contributed by atoms with E-state index in [0.29, 0.717) is 13.0 Å². The zero-order chi connectivity index (χ0) is 14.4. The second-order valence-electron chi connectivity index (χ2n) is 5.18. The fraction of sp³-hybridized carbons (Fsp3) is 0.533. The Morgan fingerprint density at radius 1 is 1.25 bits per heavy atom. The van der Waals surface area contributed by atoms with Crippen molar-refractivity contribution in [1.82, 2.24) is 9.80 Å². The van der Waals surface area contributed by atoms with E-state index in [1.165, 1.54) is 5.56 Å². The van der Waals surface area contributed by atoms with Gasteiger partial charge in [-0.15, -0.1) is 0 Å². The molecule has 1 heterocycles. The molecular formula is C15H22ClN3O. The number of carbonyl (C=O) groups is 1. The minimum absolute atomic E-state index is 0.234. The fourth-order valence-corrected chi connectivity index (χ4v) is 2.67. The maximum atomic E-state index is 11.9. The number of hydrogen-bond donors (Lipinski definition) is 1. The molecule has 4 nitrogen and oxygen atoms in total. The molecule has 0 radical (unpaired) electrons. The number of hydrogen-bond acceptors (Lipinski definition) is 3. The Labute approximate surface area is 125 Å². The largest absolute Gasteiger partial charge is 0.340 e. The standard InChI is InChI=1S/C15H22ClN3O/c16-14-4-1-3-13(11-14)12-18-7-9-19(10-8-18)15(20)5-2-6-17/h1,3-4,11H,2,5-10,12,17H2. The van der Waals surface area contributed by atoms with Crippen molar-refractivity contribution in [2.24, 2.45) is 5.73 Å². The molecule has 0 saturated carbocycles. The number of nitrogens with two attached hydrogens (primary N) is 1. The van der Waals surface area contributed by atoms with Gasteiger partial charge in [0.15, 0.2) is 0 Å². The van der Waals surface area contributed by atoms with Crippen LogP contribution in [0.25, 0.3) is 0 Å². The minimum atomic E-state index is 0.234. The highest BCUT2D eigenvalue weighted by Gasteiger charge is 2.20. The van der Waals surface area contributed by atoms with Gasteiger partial charge in [0.2, 0.25) is 5.91 Å². The van der Waals surface area contributed by atoms with Crippen LogP contribution in [0.5, 0.6) is 0 Å². The first-order valence-corrected chi connectivity index (χ1v) is 7.51. The summed E-state index contributed by atoms with van der Waals surface area (Å²) in [5.41, 5.74) is 6.66. The second kappa shape index (κ2) is 7.62. The molecule has 0 bridgehead atoms. The van der Waals surface area contributed by atoms with E-state index in [2.05, 4.69) is 11.0 Å². The summed E-state index contributed by atoms with van der Waals surface area (Å²) in [6, 6.07) is 7.95. The van der Waals surface area contributed by atoms with Crippen LogP contribution >= 0.6 is 11.6 Å². The first-order valence-electron chi connectivity index (χ1n) is 7.13. The van der Waals surface area contributed by atoms with E-state index in [-0.39, 0.29) is 5.91 Å². The maximum Gasteiger partial charge on any atom is 0.222 e. The molecule has 0 unspecified atom stereocenters. The highest BCUT2D eigenvalue weighted by molar-refractivity contribution is 6.30.